The van der Waals surface area contributed by atoms with Gasteiger partial charge < -0.3 is 20.3 Å². The van der Waals surface area contributed by atoms with E-state index in [1.165, 1.54) is 32.5 Å². The van der Waals surface area contributed by atoms with Crippen LogP contribution < -0.4 is 10.6 Å². The van der Waals surface area contributed by atoms with Gasteiger partial charge in [0.15, 0.2) is 5.96 Å². The Hall–Kier alpha value is -0.0800. The number of likely N-dealkylation sites (tertiary alicyclic amines) is 1. The van der Waals surface area contributed by atoms with Gasteiger partial charge in [0.2, 0.25) is 0 Å². The average molecular weight is 482 g/mol. The van der Waals surface area contributed by atoms with Crippen LogP contribution in [-0.4, -0.2) is 62.3 Å². The van der Waals surface area contributed by atoms with E-state index in [9.17, 15) is 0 Å². The zero-order chi connectivity index (χ0) is 18.7. The lowest BCUT2D eigenvalue weighted by molar-refractivity contribution is 0.0266. The third-order valence-corrected chi connectivity index (χ3v) is 4.70. The van der Waals surface area contributed by atoms with E-state index in [4.69, 9.17) is 9.73 Å². The first kappa shape index (κ1) is 25.9. The van der Waals surface area contributed by atoms with Gasteiger partial charge in [0.25, 0.3) is 0 Å². The van der Waals surface area contributed by atoms with Crippen molar-refractivity contribution in [2.24, 2.45) is 16.8 Å². The van der Waals surface area contributed by atoms with Gasteiger partial charge in [0.1, 0.15) is 0 Å². The van der Waals surface area contributed by atoms with Crippen LogP contribution in [0.2, 0.25) is 0 Å². The number of hydrogen-bond acceptors (Lipinski definition) is 3. The summed E-state index contributed by atoms with van der Waals surface area (Å²) >= 11 is 0. The molecule has 0 amide bonds. The van der Waals surface area contributed by atoms with Crippen molar-refractivity contribution in [3.05, 3.63) is 0 Å². The molecular weight excluding hydrogens is 439 g/mol. The summed E-state index contributed by atoms with van der Waals surface area (Å²) in [6, 6.07) is 0.536. The van der Waals surface area contributed by atoms with Crippen LogP contribution in [0.1, 0.15) is 60.8 Å². The quantitative estimate of drug-likeness (QED) is 0.283. The Bertz CT molecular complexity index is 369. The molecule has 2 N–H and O–H groups in total. The predicted octanol–water partition coefficient (Wildman–Crippen LogP) is 3.73. The number of nitrogens with one attached hydrogen (secondary N) is 2. The fourth-order valence-electron chi connectivity index (χ4n) is 3.42. The van der Waals surface area contributed by atoms with E-state index in [2.05, 4.69) is 57.1 Å². The summed E-state index contributed by atoms with van der Waals surface area (Å²) in [5, 5.41) is 7.03. The normalized spacial score (nSPS) is 18.1. The Labute approximate surface area is 179 Å². The molecule has 0 radical (unpaired) electrons. The second-order valence-corrected chi connectivity index (χ2v) is 7.90. The van der Waals surface area contributed by atoms with Gasteiger partial charge in [-0.1, -0.05) is 27.7 Å². The minimum atomic E-state index is 0. The molecule has 0 aromatic heterocycles. The lowest BCUT2D eigenvalue weighted by Crippen LogP contribution is -2.49. The SMILES string of the molecule is CCNC(=NCCC(OCC)C(C)C)NC1CCN(CC(C)C)CC1.I. The smallest absolute Gasteiger partial charge is 0.191 e. The third-order valence-electron chi connectivity index (χ3n) is 4.70. The number of ether oxygens (including phenoxy) is 1. The van der Waals surface area contributed by atoms with E-state index in [0.717, 1.165) is 38.0 Å². The molecule has 0 saturated carbocycles. The highest BCUT2D eigenvalue weighted by Gasteiger charge is 2.20. The van der Waals surface area contributed by atoms with E-state index >= 15 is 0 Å². The third kappa shape index (κ3) is 10.9. The highest BCUT2D eigenvalue weighted by atomic mass is 127. The maximum absolute atomic E-state index is 5.82. The zero-order valence-corrected chi connectivity index (χ0v) is 20.2. The summed E-state index contributed by atoms with van der Waals surface area (Å²) in [5.74, 6) is 2.25. The van der Waals surface area contributed by atoms with Crippen molar-refractivity contribution < 1.29 is 4.74 Å². The lowest BCUT2D eigenvalue weighted by atomic mass is 10.0. The molecule has 1 fully saturated rings. The summed E-state index contributed by atoms with van der Waals surface area (Å²) in [5.41, 5.74) is 0. The largest absolute Gasteiger partial charge is 0.378 e. The fourth-order valence-corrected chi connectivity index (χ4v) is 3.42. The first-order valence-corrected chi connectivity index (χ1v) is 10.3. The predicted molar refractivity (Wildman–Crippen MR) is 124 cm³/mol. The van der Waals surface area contributed by atoms with Gasteiger partial charge in [0, 0.05) is 45.4 Å². The van der Waals surface area contributed by atoms with Crippen LogP contribution in [0.4, 0.5) is 0 Å². The maximum atomic E-state index is 5.82. The highest BCUT2D eigenvalue weighted by molar-refractivity contribution is 14.0. The molecule has 1 unspecified atom stereocenters. The van der Waals surface area contributed by atoms with Crippen LogP contribution in [0.3, 0.4) is 0 Å². The molecule has 26 heavy (non-hydrogen) atoms. The molecule has 1 atom stereocenters. The standard InChI is InChI=1S/C20H42N4O.HI/c1-7-21-20(22-12-9-19(17(5)6)25-8-2)23-18-10-13-24(14-11-18)15-16(3)4;/h16-19H,7-15H2,1-6H3,(H2,21,22,23);1H. The van der Waals surface area contributed by atoms with Crippen molar-refractivity contribution in [2.45, 2.75) is 73.0 Å². The van der Waals surface area contributed by atoms with Crippen LogP contribution in [0.5, 0.6) is 0 Å². The van der Waals surface area contributed by atoms with Crippen molar-refractivity contribution in [1.82, 2.24) is 15.5 Å². The van der Waals surface area contributed by atoms with Gasteiger partial charge in [-0.2, -0.15) is 0 Å². The Kier molecular flexibility index (Phi) is 14.9. The monoisotopic (exact) mass is 482 g/mol. The van der Waals surface area contributed by atoms with Gasteiger partial charge in [-0.15, -0.1) is 24.0 Å². The van der Waals surface area contributed by atoms with E-state index in [-0.39, 0.29) is 24.0 Å². The average Bonchev–Trinajstić information content (AvgIpc) is 2.55. The molecule has 156 valence electrons. The Balaban J connectivity index is 0.00000625. The molecule has 1 heterocycles. The van der Waals surface area contributed by atoms with Crippen LogP contribution in [-0.2, 0) is 4.74 Å². The first-order chi connectivity index (χ1) is 12.0. The maximum Gasteiger partial charge on any atom is 0.191 e. The second kappa shape index (κ2) is 14.9. The van der Waals surface area contributed by atoms with Crippen molar-refractivity contribution >= 4 is 29.9 Å². The molecule has 1 rings (SSSR count). The highest BCUT2D eigenvalue weighted by Crippen LogP contribution is 2.13. The van der Waals surface area contributed by atoms with E-state index < -0.39 is 0 Å². The summed E-state index contributed by atoms with van der Waals surface area (Å²) in [7, 11) is 0. The molecule has 0 aromatic carbocycles. The zero-order valence-electron chi connectivity index (χ0n) is 17.9. The number of guanidine groups is 1. The van der Waals surface area contributed by atoms with Gasteiger partial charge in [-0.05, 0) is 44.9 Å². The molecule has 5 nitrogen and oxygen atoms in total. The summed E-state index contributed by atoms with van der Waals surface area (Å²) in [6.07, 6.45) is 3.68. The van der Waals surface area contributed by atoms with Crippen molar-refractivity contribution in [1.29, 1.82) is 0 Å². The van der Waals surface area contributed by atoms with Crippen molar-refractivity contribution in [2.75, 3.05) is 39.3 Å². The summed E-state index contributed by atoms with van der Waals surface area (Å²) in [4.78, 5) is 7.37. The van der Waals surface area contributed by atoms with E-state index in [1.54, 1.807) is 0 Å². The van der Waals surface area contributed by atoms with E-state index in [1.807, 2.05) is 0 Å². The molecule has 1 aliphatic heterocycles. The number of piperidine rings is 1. The summed E-state index contributed by atoms with van der Waals surface area (Å²) < 4.78 is 5.82. The number of hydrogen-bond donors (Lipinski definition) is 2. The minimum Gasteiger partial charge on any atom is -0.378 e. The Morgan fingerprint density at radius 2 is 1.81 bits per heavy atom. The number of nitrogens with zero attached hydrogens (tertiary/aromatic N) is 2. The second-order valence-electron chi connectivity index (χ2n) is 7.90. The molecule has 0 bridgehead atoms. The molecule has 0 aliphatic carbocycles. The molecular formula is C20H43IN4O. The van der Waals surface area contributed by atoms with Crippen LogP contribution in [0, 0.1) is 11.8 Å². The number of halogens is 1. The lowest BCUT2D eigenvalue weighted by Gasteiger charge is -2.34. The van der Waals surface area contributed by atoms with Crippen LogP contribution in [0.25, 0.3) is 0 Å². The van der Waals surface area contributed by atoms with Gasteiger partial charge in [-0.25, -0.2) is 0 Å². The van der Waals surface area contributed by atoms with Gasteiger partial charge >= 0.3 is 0 Å². The fraction of sp³-hybridized carbons (Fsp3) is 0.950. The Morgan fingerprint density at radius 3 is 2.31 bits per heavy atom. The summed E-state index contributed by atoms with van der Waals surface area (Å²) in [6.45, 7) is 19.3. The first-order valence-electron chi connectivity index (χ1n) is 10.3. The molecule has 0 aromatic rings. The molecule has 1 aliphatic rings. The topological polar surface area (TPSA) is 48.9 Å². The molecule has 0 spiro atoms. The van der Waals surface area contributed by atoms with Crippen molar-refractivity contribution in [3.63, 3.8) is 0 Å². The van der Waals surface area contributed by atoms with E-state index in [0.29, 0.717) is 18.1 Å². The number of rotatable bonds is 10. The van der Waals surface area contributed by atoms with Crippen LogP contribution >= 0.6 is 24.0 Å². The van der Waals surface area contributed by atoms with Gasteiger partial charge in [-0.3, -0.25) is 4.99 Å². The van der Waals surface area contributed by atoms with Crippen LogP contribution in [0.15, 0.2) is 4.99 Å². The molecule has 1 saturated heterocycles. The van der Waals surface area contributed by atoms with Crippen molar-refractivity contribution in [3.8, 4) is 0 Å². The van der Waals surface area contributed by atoms with Gasteiger partial charge in [0.05, 0.1) is 6.10 Å². The Morgan fingerprint density at radius 1 is 1.15 bits per heavy atom. The minimum absolute atomic E-state index is 0. The molecule has 6 heteroatoms. The number of aliphatic imine (C=N–C) groups is 1.